The molecule has 0 heterocycles. The Hall–Kier alpha value is -0.0900. The number of allylic oxidation sites excluding steroid dienone is 1. The zero-order valence-corrected chi connectivity index (χ0v) is 14.8. The molecule has 0 atom stereocenters. The van der Waals surface area contributed by atoms with Gasteiger partial charge in [0.25, 0.3) is 0 Å². The molecule has 0 saturated carbocycles. The fourth-order valence-corrected chi connectivity index (χ4v) is 2.44. The topological polar surface area (TPSA) is 40.5 Å². The molecule has 0 bridgehead atoms. The summed E-state index contributed by atoms with van der Waals surface area (Å²) in [5, 5.41) is 18.1. The van der Waals surface area contributed by atoms with Crippen LogP contribution in [0.25, 0.3) is 0 Å². The van der Waals surface area contributed by atoms with Gasteiger partial charge in [0.15, 0.2) is 0 Å². The molecule has 0 saturated heterocycles. The van der Waals surface area contributed by atoms with Crippen LogP contribution in [0.1, 0.15) is 64.7 Å². The van der Waals surface area contributed by atoms with E-state index in [1.165, 1.54) is 51.4 Å². The molecule has 0 amide bonds. The number of halogens is 1. The van der Waals surface area contributed by atoms with E-state index in [1.54, 1.807) is 0 Å². The van der Waals surface area contributed by atoms with E-state index in [9.17, 15) is 0 Å². The Morgan fingerprint density at radius 2 is 1.29 bits per heavy atom. The lowest BCUT2D eigenvalue weighted by atomic mass is 10.1. The van der Waals surface area contributed by atoms with Crippen molar-refractivity contribution in [2.75, 3.05) is 33.4 Å². The van der Waals surface area contributed by atoms with Gasteiger partial charge in [-0.3, -0.25) is 4.48 Å². The molecule has 0 aliphatic heterocycles. The second-order valence-corrected chi connectivity index (χ2v) is 6.02. The van der Waals surface area contributed by atoms with E-state index in [2.05, 4.69) is 26.2 Å². The minimum atomic E-state index is 0. The van der Waals surface area contributed by atoms with E-state index in [0.29, 0.717) is 17.6 Å². The molecular formula is C17H36ClNO2. The smallest absolute Gasteiger partial charge is 0.106 e. The number of unbranched alkanes of at least 4 members (excludes halogenated alkanes) is 8. The molecule has 0 aliphatic rings. The highest BCUT2D eigenvalue weighted by atomic mass is 35.5. The maximum atomic E-state index is 9.06. The van der Waals surface area contributed by atoms with Gasteiger partial charge in [0.2, 0.25) is 0 Å². The predicted molar refractivity (Wildman–Crippen MR) is 86.5 cm³/mol. The Morgan fingerprint density at radius 3 is 1.76 bits per heavy atom. The van der Waals surface area contributed by atoms with Crippen molar-refractivity contribution in [3.63, 3.8) is 0 Å². The number of nitrogens with zero attached hydrogens (tertiary/aromatic N) is 1. The lowest BCUT2D eigenvalue weighted by molar-refractivity contribution is -0.860. The number of hydrogen-bond acceptors (Lipinski definition) is 2. The highest BCUT2D eigenvalue weighted by Gasteiger charge is 2.16. The second-order valence-electron chi connectivity index (χ2n) is 6.02. The number of quaternary nitrogens is 1. The zero-order chi connectivity index (χ0) is 15.1. The van der Waals surface area contributed by atoms with Gasteiger partial charge >= 0.3 is 0 Å². The molecule has 4 heteroatoms. The molecule has 0 spiro atoms. The first kappa shape index (κ1) is 23.2. The summed E-state index contributed by atoms with van der Waals surface area (Å²) in [5.41, 5.74) is 0. The first-order valence-corrected chi connectivity index (χ1v) is 8.42. The van der Waals surface area contributed by atoms with Crippen molar-refractivity contribution in [2.45, 2.75) is 64.7 Å². The van der Waals surface area contributed by atoms with Crippen molar-refractivity contribution in [3.8, 4) is 0 Å². The fourth-order valence-electron chi connectivity index (χ4n) is 2.44. The number of hydrogen-bond donors (Lipinski definition) is 2. The summed E-state index contributed by atoms with van der Waals surface area (Å²) >= 11 is 0. The highest BCUT2D eigenvalue weighted by Crippen LogP contribution is 2.10. The Bertz CT molecular complexity index is 229. The number of likely N-dealkylation sites (N-methyl/N-ethyl adjacent to an activating group) is 1. The molecule has 0 rings (SSSR count). The number of aliphatic hydroxyl groups is 2. The van der Waals surface area contributed by atoms with Gasteiger partial charge in [-0.05, 0) is 18.9 Å². The molecule has 0 unspecified atom stereocenters. The van der Waals surface area contributed by atoms with Gasteiger partial charge in [-0.25, -0.2) is 0 Å². The standard InChI is InChI=1S/C17H36NO2.ClH/c1-3-4-5-6-7-8-9-10-11-12-13-18(2,14-16-19)15-17-20;/h12-13,19-20H,3-11,14-17H2,1-2H3;1H/q+1;/p-1/b13-12+;. The van der Waals surface area contributed by atoms with E-state index in [4.69, 9.17) is 10.2 Å². The normalized spacial score (nSPS) is 11.8. The number of aliphatic hydroxyl groups excluding tert-OH is 2. The van der Waals surface area contributed by atoms with Gasteiger partial charge in [0.05, 0.1) is 26.5 Å². The van der Waals surface area contributed by atoms with Crippen LogP contribution in [-0.4, -0.2) is 48.0 Å². The van der Waals surface area contributed by atoms with E-state index in [0.717, 1.165) is 6.42 Å². The molecule has 0 aromatic heterocycles. The summed E-state index contributed by atoms with van der Waals surface area (Å²) in [6.07, 6.45) is 16.3. The van der Waals surface area contributed by atoms with Crippen molar-refractivity contribution in [2.24, 2.45) is 0 Å². The summed E-state index contributed by atoms with van der Waals surface area (Å²) in [5.74, 6) is 0. The van der Waals surface area contributed by atoms with E-state index in [-0.39, 0.29) is 25.6 Å². The Morgan fingerprint density at radius 1 is 0.810 bits per heavy atom. The molecule has 0 radical (unpaired) electrons. The largest absolute Gasteiger partial charge is 1.00 e. The van der Waals surface area contributed by atoms with Crippen LogP contribution in [0.4, 0.5) is 0 Å². The Kier molecular flexibility index (Phi) is 18.0. The van der Waals surface area contributed by atoms with E-state index in [1.807, 2.05) is 0 Å². The van der Waals surface area contributed by atoms with Crippen molar-refractivity contribution < 1.29 is 27.1 Å². The van der Waals surface area contributed by atoms with Crippen LogP contribution in [-0.2, 0) is 0 Å². The maximum Gasteiger partial charge on any atom is 0.106 e. The van der Waals surface area contributed by atoms with Crippen molar-refractivity contribution in [1.29, 1.82) is 0 Å². The minimum Gasteiger partial charge on any atom is -1.00 e. The molecule has 3 nitrogen and oxygen atoms in total. The third-order valence-corrected chi connectivity index (χ3v) is 3.91. The monoisotopic (exact) mass is 321 g/mol. The number of rotatable bonds is 14. The SMILES string of the molecule is CCCCCCCCCC/C=C/[N+](C)(CCO)CCO.[Cl-]. The average Bonchev–Trinajstić information content (AvgIpc) is 2.41. The van der Waals surface area contributed by atoms with Gasteiger partial charge in [-0.15, -0.1) is 0 Å². The van der Waals surface area contributed by atoms with Gasteiger partial charge < -0.3 is 22.6 Å². The molecule has 0 fully saturated rings. The molecular weight excluding hydrogens is 286 g/mol. The maximum absolute atomic E-state index is 9.06. The third-order valence-electron chi connectivity index (χ3n) is 3.91. The summed E-state index contributed by atoms with van der Waals surface area (Å²) in [6, 6.07) is 0. The third kappa shape index (κ3) is 14.6. The van der Waals surface area contributed by atoms with Crippen LogP contribution >= 0.6 is 0 Å². The molecule has 128 valence electrons. The summed E-state index contributed by atoms with van der Waals surface area (Å²) < 4.78 is 0.629. The van der Waals surface area contributed by atoms with Crippen LogP contribution in [0.15, 0.2) is 12.3 Å². The molecule has 2 N–H and O–H groups in total. The van der Waals surface area contributed by atoms with Gasteiger partial charge in [-0.2, -0.15) is 0 Å². The Labute approximate surface area is 138 Å². The average molecular weight is 322 g/mol. The zero-order valence-electron chi connectivity index (χ0n) is 14.1. The lowest BCUT2D eigenvalue weighted by Gasteiger charge is -2.28. The van der Waals surface area contributed by atoms with Crippen molar-refractivity contribution in [3.05, 3.63) is 12.3 Å². The molecule has 21 heavy (non-hydrogen) atoms. The minimum absolute atomic E-state index is 0. The first-order chi connectivity index (χ1) is 9.68. The van der Waals surface area contributed by atoms with Gasteiger partial charge in [0, 0.05) is 0 Å². The van der Waals surface area contributed by atoms with Crippen molar-refractivity contribution >= 4 is 0 Å². The molecule has 0 aromatic carbocycles. The lowest BCUT2D eigenvalue weighted by Crippen LogP contribution is -3.00. The van der Waals surface area contributed by atoms with Crippen LogP contribution < -0.4 is 12.4 Å². The highest BCUT2D eigenvalue weighted by molar-refractivity contribution is 4.74. The van der Waals surface area contributed by atoms with E-state index < -0.39 is 0 Å². The van der Waals surface area contributed by atoms with Crippen LogP contribution in [0.2, 0.25) is 0 Å². The first-order valence-electron chi connectivity index (χ1n) is 8.42. The van der Waals surface area contributed by atoms with Crippen molar-refractivity contribution in [1.82, 2.24) is 0 Å². The van der Waals surface area contributed by atoms with Crippen LogP contribution in [0.3, 0.4) is 0 Å². The van der Waals surface area contributed by atoms with E-state index >= 15 is 0 Å². The van der Waals surface area contributed by atoms with Crippen LogP contribution in [0.5, 0.6) is 0 Å². The van der Waals surface area contributed by atoms with Gasteiger partial charge in [0.1, 0.15) is 13.1 Å². The fraction of sp³-hybridized carbons (Fsp3) is 0.882. The predicted octanol–water partition coefficient (Wildman–Crippen LogP) is 0.466. The summed E-state index contributed by atoms with van der Waals surface area (Å²) in [4.78, 5) is 0. The van der Waals surface area contributed by atoms with Crippen LogP contribution in [0, 0.1) is 0 Å². The summed E-state index contributed by atoms with van der Waals surface area (Å²) in [6.45, 7) is 3.94. The Balaban J connectivity index is 0. The quantitative estimate of drug-likeness (QED) is 0.361. The molecule has 0 aliphatic carbocycles. The summed E-state index contributed by atoms with van der Waals surface area (Å²) in [7, 11) is 2.05. The molecule has 0 aromatic rings. The van der Waals surface area contributed by atoms with Gasteiger partial charge in [-0.1, -0.05) is 51.9 Å². The second kappa shape index (κ2) is 16.3.